The van der Waals surface area contributed by atoms with Crippen LogP contribution < -0.4 is 10.1 Å². The van der Waals surface area contributed by atoms with Gasteiger partial charge in [-0.15, -0.1) is 10.2 Å². The second kappa shape index (κ2) is 9.40. The van der Waals surface area contributed by atoms with Crippen LogP contribution in [-0.4, -0.2) is 38.5 Å². The summed E-state index contributed by atoms with van der Waals surface area (Å²) >= 11 is 1.28. The van der Waals surface area contributed by atoms with Gasteiger partial charge in [0.05, 0.1) is 36.0 Å². The zero-order valence-corrected chi connectivity index (χ0v) is 19.4. The van der Waals surface area contributed by atoms with Gasteiger partial charge in [-0.3, -0.25) is 14.3 Å². The molecule has 1 amide bonds. The monoisotopic (exact) mass is 471 g/mol. The van der Waals surface area contributed by atoms with E-state index in [0.29, 0.717) is 22.5 Å². The number of anilines is 1. The number of pyridine rings is 1. The van der Waals surface area contributed by atoms with Crippen LogP contribution in [0.3, 0.4) is 0 Å². The number of carbonyl (C=O) groups is 1. The Bertz CT molecular complexity index is 1460. The molecule has 0 aliphatic carbocycles. The number of rotatable bonds is 7. The summed E-state index contributed by atoms with van der Waals surface area (Å²) in [6.07, 6.45) is 1.58. The van der Waals surface area contributed by atoms with Gasteiger partial charge in [-0.2, -0.15) is 0 Å². The van der Waals surface area contributed by atoms with Crippen molar-refractivity contribution < 1.29 is 13.9 Å². The van der Waals surface area contributed by atoms with Crippen LogP contribution in [0.2, 0.25) is 0 Å². The quantitative estimate of drug-likeness (QED) is 0.329. The van der Waals surface area contributed by atoms with E-state index in [2.05, 4.69) is 20.5 Å². The van der Waals surface area contributed by atoms with Crippen molar-refractivity contribution in [3.8, 4) is 23.0 Å². The minimum atomic E-state index is -0.158. The summed E-state index contributed by atoms with van der Waals surface area (Å²) in [6, 6.07) is 20.8. The van der Waals surface area contributed by atoms with E-state index in [1.807, 2.05) is 72.2 Å². The van der Waals surface area contributed by atoms with Crippen LogP contribution in [-0.2, 0) is 4.79 Å². The van der Waals surface area contributed by atoms with Gasteiger partial charge < -0.3 is 14.5 Å². The first-order valence-electron chi connectivity index (χ1n) is 10.6. The highest BCUT2D eigenvalue weighted by Crippen LogP contribution is 2.33. The molecule has 5 rings (SSSR count). The number of amides is 1. The molecule has 0 unspecified atom stereocenters. The number of benzene rings is 2. The van der Waals surface area contributed by atoms with E-state index < -0.39 is 0 Å². The second-order valence-corrected chi connectivity index (χ2v) is 8.40. The second-order valence-electron chi connectivity index (χ2n) is 7.46. The number of nitrogens with zero attached hydrogens (tertiary/aromatic N) is 4. The molecule has 8 nitrogen and oxygen atoms in total. The summed E-state index contributed by atoms with van der Waals surface area (Å²) in [5, 5.41) is 13.1. The Kier molecular flexibility index (Phi) is 6.01. The topological polar surface area (TPSA) is 95.1 Å². The predicted molar refractivity (Wildman–Crippen MR) is 131 cm³/mol. The summed E-state index contributed by atoms with van der Waals surface area (Å²) in [6.45, 7) is 1.91. The van der Waals surface area contributed by atoms with Crippen molar-refractivity contribution >= 4 is 34.3 Å². The van der Waals surface area contributed by atoms with Crippen molar-refractivity contribution in [1.82, 2.24) is 19.7 Å². The van der Waals surface area contributed by atoms with Gasteiger partial charge in [0.2, 0.25) is 11.7 Å². The number of hydrogen-bond donors (Lipinski definition) is 1. The average Bonchev–Trinajstić information content (AvgIpc) is 3.52. The summed E-state index contributed by atoms with van der Waals surface area (Å²) in [4.78, 5) is 17.4. The van der Waals surface area contributed by atoms with Gasteiger partial charge in [0, 0.05) is 11.1 Å². The Hall–Kier alpha value is -4.11. The summed E-state index contributed by atoms with van der Waals surface area (Å²) in [7, 11) is 1.61. The fourth-order valence-electron chi connectivity index (χ4n) is 3.69. The lowest BCUT2D eigenvalue weighted by atomic mass is 10.1. The van der Waals surface area contributed by atoms with Gasteiger partial charge in [-0.25, -0.2) is 0 Å². The number of aryl methyl sites for hydroxylation is 1. The number of fused-ring (bicyclic) bond motifs is 1. The van der Waals surface area contributed by atoms with E-state index in [9.17, 15) is 4.79 Å². The van der Waals surface area contributed by atoms with Gasteiger partial charge in [-0.05, 0) is 43.3 Å². The van der Waals surface area contributed by atoms with Crippen molar-refractivity contribution in [1.29, 1.82) is 0 Å². The van der Waals surface area contributed by atoms with Crippen LogP contribution in [0, 0.1) is 6.92 Å². The van der Waals surface area contributed by atoms with Gasteiger partial charge in [0.1, 0.15) is 5.75 Å². The molecule has 0 spiro atoms. The molecule has 170 valence electrons. The normalized spacial score (nSPS) is 11.0. The van der Waals surface area contributed by atoms with Crippen molar-refractivity contribution in [2.75, 3.05) is 18.2 Å². The lowest BCUT2D eigenvalue weighted by molar-refractivity contribution is -0.113. The van der Waals surface area contributed by atoms with Crippen LogP contribution in [0.4, 0.5) is 5.69 Å². The standard InChI is InChI=1S/C25H21N5O3S/c1-16-14-19(17-8-3-4-9-18(17)26-16)27-23(31)15-34-25-29-28-24(22-12-7-13-33-22)30(25)20-10-5-6-11-21(20)32-2/h3-14H,15H2,1-2H3,(H,26,27,31). The van der Waals surface area contributed by atoms with E-state index in [4.69, 9.17) is 9.15 Å². The minimum absolute atomic E-state index is 0.140. The summed E-state index contributed by atoms with van der Waals surface area (Å²) < 4.78 is 13.0. The lowest BCUT2D eigenvalue weighted by Crippen LogP contribution is -2.15. The molecule has 0 fully saturated rings. The predicted octanol–water partition coefficient (Wildman–Crippen LogP) is 5.12. The lowest BCUT2D eigenvalue weighted by Gasteiger charge is -2.13. The van der Waals surface area contributed by atoms with Crippen molar-refractivity contribution in [2.45, 2.75) is 12.1 Å². The molecule has 3 aromatic heterocycles. The summed E-state index contributed by atoms with van der Waals surface area (Å²) in [5.74, 6) is 1.72. The number of thioether (sulfide) groups is 1. The summed E-state index contributed by atoms with van der Waals surface area (Å²) in [5.41, 5.74) is 3.15. The van der Waals surface area contributed by atoms with Crippen molar-refractivity contribution in [2.24, 2.45) is 0 Å². The third-order valence-corrected chi connectivity index (χ3v) is 6.08. The molecular weight excluding hydrogens is 450 g/mol. The largest absolute Gasteiger partial charge is 0.495 e. The Balaban J connectivity index is 1.43. The van der Waals surface area contributed by atoms with Gasteiger partial charge in [-0.1, -0.05) is 42.1 Å². The molecule has 2 aromatic carbocycles. The van der Waals surface area contributed by atoms with E-state index >= 15 is 0 Å². The zero-order chi connectivity index (χ0) is 23.5. The van der Waals surface area contributed by atoms with Gasteiger partial charge in [0.15, 0.2) is 10.9 Å². The first-order valence-corrected chi connectivity index (χ1v) is 11.5. The Labute approximate surface area is 200 Å². The maximum absolute atomic E-state index is 12.9. The SMILES string of the molecule is COc1ccccc1-n1c(SCC(=O)Nc2cc(C)nc3ccccc23)nnc1-c1ccco1. The van der Waals surface area contributed by atoms with E-state index in [1.165, 1.54) is 11.8 Å². The molecule has 9 heteroatoms. The first-order chi connectivity index (χ1) is 16.6. The maximum Gasteiger partial charge on any atom is 0.234 e. The fraction of sp³-hybridized carbons (Fsp3) is 0.120. The highest BCUT2D eigenvalue weighted by molar-refractivity contribution is 7.99. The Morgan fingerprint density at radius 2 is 1.91 bits per heavy atom. The van der Waals surface area contributed by atoms with Crippen molar-refractivity contribution in [3.05, 3.63) is 78.7 Å². The van der Waals surface area contributed by atoms with E-state index in [0.717, 1.165) is 28.0 Å². The smallest absolute Gasteiger partial charge is 0.234 e. The van der Waals surface area contributed by atoms with Crippen LogP contribution in [0.1, 0.15) is 5.69 Å². The highest BCUT2D eigenvalue weighted by Gasteiger charge is 2.21. The van der Waals surface area contributed by atoms with Gasteiger partial charge in [0.25, 0.3) is 0 Å². The number of aromatic nitrogens is 4. The first kappa shape index (κ1) is 21.7. The van der Waals surface area contributed by atoms with Crippen LogP contribution in [0.5, 0.6) is 5.75 Å². The average molecular weight is 472 g/mol. The van der Waals surface area contributed by atoms with E-state index in [1.54, 1.807) is 19.4 Å². The number of para-hydroxylation sites is 3. The molecule has 5 aromatic rings. The molecule has 0 bridgehead atoms. The highest BCUT2D eigenvalue weighted by atomic mass is 32.2. The maximum atomic E-state index is 12.9. The third-order valence-electron chi connectivity index (χ3n) is 5.15. The molecule has 1 N–H and O–H groups in total. The number of ether oxygens (including phenoxy) is 1. The molecule has 3 heterocycles. The molecular formula is C25H21N5O3S. The van der Waals surface area contributed by atoms with Crippen LogP contribution in [0.15, 0.2) is 82.6 Å². The Morgan fingerprint density at radius 3 is 2.74 bits per heavy atom. The number of nitrogens with one attached hydrogen (secondary N) is 1. The molecule has 0 saturated carbocycles. The molecule has 34 heavy (non-hydrogen) atoms. The number of carbonyl (C=O) groups excluding carboxylic acids is 1. The van der Waals surface area contributed by atoms with E-state index in [-0.39, 0.29) is 11.7 Å². The fourth-order valence-corrected chi connectivity index (χ4v) is 4.43. The molecule has 0 atom stereocenters. The van der Waals surface area contributed by atoms with Crippen molar-refractivity contribution in [3.63, 3.8) is 0 Å². The number of furan rings is 1. The Morgan fingerprint density at radius 1 is 1.09 bits per heavy atom. The number of hydrogen-bond acceptors (Lipinski definition) is 7. The van der Waals surface area contributed by atoms with Crippen LogP contribution in [0.25, 0.3) is 28.2 Å². The molecule has 0 aliphatic rings. The number of methoxy groups -OCH3 is 1. The molecule has 0 aliphatic heterocycles. The third kappa shape index (κ3) is 4.25. The minimum Gasteiger partial charge on any atom is -0.495 e. The molecule has 0 saturated heterocycles. The van der Waals surface area contributed by atoms with Gasteiger partial charge >= 0.3 is 0 Å². The zero-order valence-electron chi connectivity index (χ0n) is 18.6. The molecule has 0 radical (unpaired) electrons. The van der Waals surface area contributed by atoms with Crippen LogP contribution >= 0.6 is 11.8 Å².